The molecule has 2 amide bonds. The van der Waals surface area contributed by atoms with Crippen LogP contribution in [-0.4, -0.2) is 31.4 Å². The van der Waals surface area contributed by atoms with Gasteiger partial charge in [0.25, 0.3) is 0 Å². The van der Waals surface area contributed by atoms with Gasteiger partial charge in [-0.25, -0.2) is 0 Å². The highest BCUT2D eigenvalue weighted by Crippen LogP contribution is 2.58. The molecule has 0 bridgehead atoms. The largest absolute Gasteiger partial charge is 0.347 e. The van der Waals surface area contributed by atoms with Gasteiger partial charge in [-0.05, 0) is 56.0 Å². The van der Waals surface area contributed by atoms with Gasteiger partial charge in [0.15, 0.2) is 0 Å². The van der Waals surface area contributed by atoms with E-state index in [0.717, 1.165) is 32.4 Å². The van der Waals surface area contributed by atoms with Gasteiger partial charge in [0, 0.05) is 10.9 Å². The molecule has 1 aliphatic carbocycles. The molecular formula is C16H20Cl3N3O2. The molecule has 2 aliphatic rings. The van der Waals surface area contributed by atoms with Crippen LogP contribution in [0.25, 0.3) is 0 Å². The number of rotatable bonds is 4. The molecule has 1 saturated heterocycles. The van der Waals surface area contributed by atoms with Crippen molar-refractivity contribution in [3.05, 3.63) is 28.2 Å². The smallest absolute Gasteiger partial charge is 0.243 e. The Hall–Kier alpha value is -1.01. The van der Waals surface area contributed by atoms with E-state index < -0.39 is 0 Å². The van der Waals surface area contributed by atoms with Gasteiger partial charge in [-0.3, -0.25) is 9.59 Å². The fourth-order valence-corrected chi connectivity index (χ4v) is 3.61. The van der Waals surface area contributed by atoms with Crippen LogP contribution in [-0.2, 0) is 9.59 Å². The van der Waals surface area contributed by atoms with Gasteiger partial charge < -0.3 is 16.0 Å². The number of hydrogen-bond acceptors (Lipinski definition) is 3. The van der Waals surface area contributed by atoms with Crippen molar-refractivity contribution in [3.63, 3.8) is 0 Å². The first-order valence-electron chi connectivity index (χ1n) is 7.73. The lowest BCUT2D eigenvalue weighted by Crippen LogP contribution is -2.37. The quantitative estimate of drug-likeness (QED) is 0.738. The summed E-state index contributed by atoms with van der Waals surface area (Å²) in [7, 11) is 0. The summed E-state index contributed by atoms with van der Waals surface area (Å²) >= 11 is 11.9. The zero-order valence-electron chi connectivity index (χ0n) is 13.0. The summed E-state index contributed by atoms with van der Waals surface area (Å²) < 4.78 is 0. The molecule has 0 radical (unpaired) electrons. The maximum atomic E-state index is 12.2. The van der Waals surface area contributed by atoms with Gasteiger partial charge >= 0.3 is 0 Å². The lowest BCUT2D eigenvalue weighted by atomic mass is 9.92. The molecule has 1 saturated carbocycles. The number of anilines is 1. The molecule has 1 aromatic carbocycles. The van der Waals surface area contributed by atoms with Crippen LogP contribution >= 0.6 is 35.6 Å². The third kappa shape index (κ3) is 4.33. The Morgan fingerprint density at radius 1 is 1.25 bits per heavy atom. The highest BCUT2D eigenvalue weighted by atomic mass is 35.5. The fraction of sp³-hybridized carbons (Fsp3) is 0.500. The van der Waals surface area contributed by atoms with Crippen LogP contribution in [0.4, 0.5) is 5.69 Å². The molecule has 0 aromatic heterocycles. The van der Waals surface area contributed by atoms with Crippen molar-refractivity contribution < 1.29 is 9.59 Å². The number of amides is 2. The molecule has 1 aliphatic heterocycles. The number of nitrogens with one attached hydrogen (secondary N) is 3. The van der Waals surface area contributed by atoms with Crippen molar-refractivity contribution in [2.24, 2.45) is 11.3 Å². The maximum absolute atomic E-state index is 12.2. The van der Waals surface area contributed by atoms with E-state index in [4.69, 9.17) is 23.2 Å². The number of carbonyl (C=O) groups excluding carboxylic acids is 2. The van der Waals surface area contributed by atoms with Gasteiger partial charge in [-0.1, -0.05) is 23.2 Å². The van der Waals surface area contributed by atoms with E-state index in [0.29, 0.717) is 15.7 Å². The van der Waals surface area contributed by atoms with Crippen molar-refractivity contribution in [1.82, 2.24) is 10.6 Å². The number of carbonyl (C=O) groups is 2. The van der Waals surface area contributed by atoms with Crippen LogP contribution in [0.3, 0.4) is 0 Å². The summed E-state index contributed by atoms with van der Waals surface area (Å²) in [5, 5.41) is 9.58. The first kappa shape index (κ1) is 19.3. The van der Waals surface area contributed by atoms with Crippen molar-refractivity contribution in [3.8, 4) is 0 Å². The minimum absolute atomic E-state index is 0. The molecule has 1 unspecified atom stereocenters. The second-order valence-corrected chi connectivity index (χ2v) is 7.10. The summed E-state index contributed by atoms with van der Waals surface area (Å²) in [5.41, 5.74) is 0.613. The van der Waals surface area contributed by atoms with E-state index in [1.807, 2.05) is 0 Å². The molecule has 3 N–H and O–H groups in total. The van der Waals surface area contributed by atoms with Crippen LogP contribution in [0, 0.1) is 11.3 Å². The molecule has 2 fully saturated rings. The average Bonchev–Trinajstić information content (AvgIpc) is 3.22. The number of halogens is 3. The van der Waals surface area contributed by atoms with Crippen LogP contribution in [0.2, 0.25) is 10.0 Å². The molecule has 1 heterocycles. The second-order valence-electron chi connectivity index (χ2n) is 6.26. The zero-order chi connectivity index (χ0) is 16.4. The normalized spacial score (nSPS) is 20.8. The molecule has 24 heavy (non-hydrogen) atoms. The molecular weight excluding hydrogens is 373 g/mol. The standard InChI is InChI=1S/C16H19Cl2N3O2.ClH/c17-10-1-2-12(18)13(7-10)21-14(22)9-20-15(23)11-8-16(11)3-5-19-6-4-16;/h1-2,7,11,19H,3-6,8-9H2,(H,20,23)(H,21,22);1H. The minimum atomic E-state index is -0.317. The summed E-state index contributed by atoms with van der Waals surface area (Å²) in [5.74, 6) is -0.297. The lowest BCUT2D eigenvalue weighted by Gasteiger charge is -2.23. The highest BCUT2D eigenvalue weighted by Gasteiger charge is 2.57. The minimum Gasteiger partial charge on any atom is -0.347 e. The van der Waals surface area contributed by atoms with E-state index in [9.17, 15) is 9.59 Å². The first-order valence-corrected chi connectivity index (χ1v) is 8.49. The Bertz CT molecular complexity index is 633. The van der Waals surface area contributed by atoms with Crippen molar-refractivity contribution in [2.75, 3.05) is 25.0 Å². The van der Waals surface area contributed by atoms with Gasteiger partial charge in [0.05, 0.1) is 17.3 Å². The summed E-state index contributed by atoms with van der Waals surface area (Å²) in [6.07, 6.45) is 3.01. The van der Waals surface area contributed by atoms with Crippen LogP contribution < -0.4 is 16.0 Å². The first-order chi connectivity index (χ1) is 11.0. The molecule has 1 aromatic rings. The van der Waals surface area contributed by atoms with Gasteiger partial charge in [0.1, 0.15) is 0 Å². The predicted molar refractivity (Wildman–Crippen MR) is 98.0 cm³/mol. The average molecular weight is 393 g/mol. The Labute approximate surface area is 157 Å². The summed E-state index contributed by atoms with van der Waals surface area (Å²) in [6, 6.07) is 4.84. The third-order valence-electron chi connectivity index (χ3n) is 4.73. The number of piperidine rings is 1. The van der Waals surface area contributed by atoms with Crippen LogP contribution in [0.1, 0.15) is 19.3 Å². The van der Waals surface area contributed by atoms with Crippen molar-refractivity contribution in [1.29, 1.82) is 0 Å². The molecule has 3 rings (SSSR count). The Morgan fingerprint density at radius 3 is 2.67 bits per heavy atom. The van der Waals surface area contributed by atoms with E-state index in [1.54, 1.807) is 18.2 Å². The monoisotopic (exact) mass is 391 g/mol. The SMILES string of the molecule is Cl.O=C(CNC(=O)C1CC12CCNCC2)Nc1cc(Cl)ccc1Cl. The fourth-order valence-electron chi connectivity index (χ4n) is 3.27. The van der Waals surface area contributed by atoms with Gasteiger partial charge in [-0.2, -0.15) is 0 Å². The summed E-state index contributed by atoms with van der Waals surface area (Å²) in [6.45, 7) is 1.88. The van der Waals surface area contributed by atoms with Gasteiger partial charge in [-0.15, -0.1) is 12.4 Å². The van der Waals surface area contributed by atoms with E-state index in [-0.39, 0.29) is 42.1 Å². The lowest BCUT2D eigenvalue weighted by molar-refractivity contribution is -0.125. The highest BCUT2D eigenvalue weighted by molar-refractivity contribution is 6.35. The zero-order valence-corrected chi connectivity index (χ0v) is 15.4. The molecule has 132 valence electrons. The number of hydrogen-bond donors (Lipinski definition) is 3. The summed E-state index contributed by atoms with van der Waals surface area (Å²) in [4.78, 5) is 24.2. The third-order valence-corrected chi connectivity index (χ3v) is 5.30. The second kappa shape index (κ2) is 7.91. The number of benzene rings is 1. The van der Waals surface area contributed by atoms with E-state index in [1.165, 1.54) is 0 Å². The predicted octanol–water partition coefficient (Wildman–Crippen LogP) is 2.86. The van der Waals surface area contributed by atoms with Gasteiger partial charge in [0.2, 0.25) is 11.8 Å². The Morgan fingerprint density at radius 2 is 1.96 bits per heavy atom. The molecule has 8 heteroatoms. The van der Waals surface area contributed by atoms with E-state index >= 15 is 0 Å². The Kier molecular flexibility index (Phi) is 6.37. The molecule has 1 atom stereocenters. The maximum Gasteiger partial charge on any atom is 0.243 e. The van der Waals surface area contributed by atoms with E-state index in [2.05, 4.69) is 16.0 Å². The van der Waals surface area contributed by atoms with Crippen molar-refractivity contribution in [2.45, 2.75) is 19.3 Å². The molecule has 5 nitrogen and oxygen atoms in total. The van der Waals surface area contributed by atoms with Crippen molar-refractivity contribution >= 4 is 53.1 Å². The Balaban J connectivity index is 0.00000208. The van der Waals surface area contributed by atoms with Crippen LogP contribution in [0.5, 0.6) is 0 Å². The topological polar surface area (TPSA) is 70.2 Å². The molecule has 1 spiro atoms. The van der Waals surface area contributed by atoms with Crippen LogP contribution in [0.15, 0.2) is 18.2 Å².